The van der Waals surface area contributed by atoms with E-state index in [1.165, 1.54) is 24.1 Å². The summed E-state index contributed by atoms with van der Waals surface area (Å²) in [5, 5.41) is 3.68. The molecule has 1 saturated carbocycles. The number of nitrogens with one attached hydrogen (secondary N) is 3. The molecule has 38 heavy (non-hydrogen) atoms. The predicted molar refractivity (Wildman–Crippen MR) is 154 cm³/mol. The van der Waals surface area contributed by atoms with Crippen LogP contribution in [0, 0.1) is 5.82 Å². The fourth-order valence-corrected chi connectivity index (χ4v) is 5.55. The first-order valence-electron chi connectivity index (χ1n) is 13.5. The Morgan fingerprint density at radius 3 is 2.37 bits per heavy atom. The Morgan fingerprint density at radius 2 is 1.74 bits per heavy atom. The van der Waals surface area contributed by atoms with Crippen LogP contribution < -0.4 is 15.5 Å². The summed E-state index contributed by atoms with van der Waals surface area (Å²) in [5.74, 6) is -0.285. The lowest BCUT2D eigenvalue weighted by Crippen LogP contribution is -2.45. The molecule has 0 aromatic heterocycles. The zero-order chi connectivity index (χ0) is 27.4. The first-order valence-corrected chi connectivity index (χ1v) is 14.3. The Labute approximate surface area is 231 Å². The van der Waals surface area contributed by atoms with Crippen LogP contribution in [0.1, 0.15) is 56.9 Å². The molecule has 1 unspecified atom stereocenters. The van der Waals surface area contributed by atoms with Gasteiger partial charge in [0.25, 0.3) is 5.91 Å². The van der Waals surface area contributed by atoms with Gasteiger partial charge in [-0.2, -0.15) is 0 Å². The molecule has 0 heterocycles. The highest BCUT2D eigenvalue weighted by molar-refractivity contribution is 7.98. The van der Waals surface area contributed by atoms with Crippen LogP contribution in [-0.4, -0.2) is 57.3 Å². The average Bonchev–Trinajstić information content (AvgIpc) is 3.17. The van der Waals surface area contributed by atoms with E-state index in [0.717, 1.165) is 86.2 Å². The Kier molecular flexibility index (Phi) is 12.2. The summed E-state index contributed by atoms with van der Waals surface area (Å²) < 4.78 is 22.1. The second-order valence-electron chi connectivity index (χ2n) is 10.3. The number of halogens is 1. The highest BCUT2D eigenvalue weighted by Gasteiger charge is 2.38. The lowest BCUT2D eigenvalue weighted by Gasteiger charge is -2.29. The van der Waals surface area contributed by atoms with Crippen LogP contribution in [0.15, 0.2) is 47.4 Å². The van der Waals surface area contributed by atoms with Crippen molar-refractivity contribution >= 4 is 29.2 Å². The molecular weight excluding hydrogens is 503 g/mol. The maximum absolute atomic E-state index is 13.3. The van der Waals surface area contributed by atoms with Gasteiger partial charge in [0.2, 0.25) is 0 Å². The third-order valence-electron chi connectivity index (χ3n) is 7.16. The number of amides is 1. The number of ether oxygens (including phenoxy) is 1. The fourth-order valence-electron chi connectivity index (χ4n) is 4.84. The SMILES string of the molecule is CONc1cc(SNC(=O)C2(OC)CCCCCC2)ccc1NC(CCc1ccc(F)cc1)CCN(C)C. The van der Waals surface area contributed by atoms with Crippen molar-refractivity contribution in [3.05, 3.63) is 53.8 Å². The van der Waals surface area contributed by atoms with E-state index in [0.29, 0.717) is 0 Å². The van der Waals surface area contributed by atoms with E-state index in [2.05, 4.69) is 34.5 Å². The first kappa shape index (κ1) is 30.2. The first-order chi connectivity index (χ1) is 18.3. The topological polar surface area (TPSA) is 74.9 Å². The van der Waals surface area contributed by atoms with E-state index in [-0.39, 0.29) is 17.8 Å². The smallest absolute Gasteiger partial charge is 0.262 e. The van der Waals surface area contributed by atoms with Crippen molar-refractivity contribution in [1.29, 1.82) is 0 Å². The molecule has 3 rings (SSSR count). The Balaban J connectivity index is 1.68. The molecule has 1 aliphatic rings. The molecule has 1 aliphatic carbocycles. The van der Waals surface area contributed by atoms with Crippen LogP contribution in [0.2, 0.25) is 0 Å². The van der Waals surface area contributed by atoms with Crippen LogP contribution in [0.4, 0.5) is 15.8 Å². The summed E-state index contributed by atoms with van der Waals surface area (Å²) in [7, 11) is 7.35. The number of methoxy groups -OCH3 is 1. The molecule has 210 valence electrons. The van der Waals surface area contributed by atoms with Crippen LogP contribution in [0.3, 0.4) is 0 Å². The molecule has 2 aromatic rings. The number of aryl methyl sites for hydroxylation is 1. The Bertz CT molecular complexity index is 998. The van der Waals surface area contributed by atoms with E-state index in [1.807, 2.05) is 30.3 Å². The van der Waals surface area contributed by atoms with Gasteiger partial charge in [-0.25, -0.2) is 4.39 Å². The number of carbonyl (C=O) groups excluding carboxylic acids is 1. The minimum Gasteiger partial charge on any atom is -0.381 e. The third-order valence-corrected chi connectivity index (χ3v) is 7.94. The van der Waals surface area contributed by atoms with Gasteiger partial charge in [-0.3, -0.25) is 19.8 Å². The number of benzene rings is 2. The van der Waals surface area contributed by atoms with Crippen molar-refractivity contribution in [2.75, 3.05) is 45.7 Å². The molecule has 1 amide bonds. The van der Waals surface area contributed by atoms with Gasteiger partial charge < -0.3 is 15.0 Å². The highest BCUT2D eigenvalue weighted by atomic mass is 32.2. The largest absolute Gasteiger partial charge is 0.381 e. The van der Waals surface area contributed by atoms with E-state index in [1.54, 1.807) is 14.2 Å². The molecule has 1 atom stereocenters. The molecular formula is C29H43FN4O3S. The van der Waals surface area contributed by atoms with Crippen molar-refractivity contribution in [1.82, 2.24) is 9.62 Å². The van der Waals surface area contributed by atoms with Gasteiger partial charge in [-0.1, -0.05) is 37.8 Å². The zero-order valence-electron chi connectivity index (χ0n) is 23.1. The summed E-state index contributed by atoms with van der Waals surface area (Å²) in [4.78, 5) is 21.4. The monoisotopic (exact) mass is 546 g/mol. The van der Waals surface area contributed by atoms with Crippen LogP contribution >= 0.6 is 11.9 Å². The molecule has 0 spiro atoms. The van der Waals surface area contributed by atoms with Gasteiger partial charge >= 0.3 is 0 Å². The summed E-state index contributed by atoms with van der Waals surface area (Å²) in [6.45, 7) is 0.940. The summed E-state index contributed by atoms with van der Waals surface area (Å²) in [6, 6.07) is 12.9. The maximum atomic E-state index is 13.3. The van der Waals surface area contributed by atoms with E-state index in [9.17, 15) is 9.18 Å². The maximum Gasteiger partial charge on any atom is 0.262 e. The number of hydrogen-bond acceptors (Lipinski definition) is 7. The molecule has 1 fully saturated rings. The molecule has 7 nitrogen and oxygen atoms in total. The van der Waals surface area contributed by atoms with Crippen molar-refractivity contribution in [2.24, 2.45) is 0 Å². The molecule has 0 radical (unpaired) electrons. The van der Waals surface area contributed by atoms with Crippen molar-refractivity contribution < 1.29 is 18.8 Å². The van der Waals surface area contributed by atoms with E-state index >= 15 is 0 Å². The fraction of sp³-hybridized carbons (Fsp3) is 0.552. The van der Waals surface area contributed by atoms with Crippen molar-refractivity contribution in [2.45, 2.75) is 74.3 Å². The second-order valence-corrected chi connectivity index (χ2v) is 11.1. The lowest BCUT2D eigenvalue weighted by atomic mass is 9.93. The lowest BCUT2D eigenvalue weighted by molar-refractivity contribution is -0.143. The second kappa shape index (κ2) is 15.3. The zero-order valence-corrected chi connectivity index (χ0v) is 24.0. The molecule has 0 saturated heterocycles. The van der Waals surface area contributed by atoms with Crippen molar-refractivity contribution in [3.8, 4) is 0 Å². The normalized spacial score (nSPS) is 16.1. The number of nitrogens with zero attached hydrogens (tertiary/aromatic N) is 1. The molecule has 0 aliphatic heterocycles. The van der Waals surface area contributed by atoms with E-state index < -0.39 is 5.60 Å². The Morgan fingerprint density at radius 1 is 1.03 bits per heavy atom. The van der Waals surface area contributed by atoms with Gasteiger partial charge in [0.15, 0.2) is 0 Å². The third kappa shape index (κ3) is 9.15. The standard InChI is InChI=1S/C29H43FN4O3S/c1-34(2)20-17-24(14-11-22-9-12-23(30)13-10-22)31-26-16-15-25(21-27(26)32-37-4)38-33-28(35)29(36-3)18-7-5-6-8-19-29/h9-10,12-13,15-16,21,24,31-32H,5-8,11,14,17-20H2,1-4H3,(H,33,35). The average molecular weight is 547 g/mol. The van der Waals surface area contributed by atoms with Crippen LogP contribution in [0.25, 0.3) is 0 Å². The summed E-state index contributed by atoms with van der Waals surface area (Å²) >= 11 is 1.29. The van der Waals surface area contributed by atoms with Gasteiger partial charge in [0.05, 0.1) is 18.5 Å². The van der Waals surface area contributed by atoms with Gasteiger partial charge in [-0.15, -0.1) is 0 Å². The summed E-state index contributed by atoms with van der Waals surface area (Å²) in [5.41, 5.74) is 5.06. The van der Waals surface area contributed by atoms with Crippen LogP contribution in [0.5, 0.6) is 0 Å². The van der Waals surface area contributed by atoms with Gasteiger partial charge in [0.1, 0.15) is 11.4 Å². The number of hydrogen-bond donors (Lipinski definition) is 3. The predicted octanol–water partition coefficient (Wildman–Crippen LogP) is 6.03. The van der Waals surface area contributed by atoms with Crippen LogP contribution in [-0.2, 0) is 20.8 Å². The van der Waals surface area contributed by atoms with Gasteiger partial charge in [0, 0.05) is 18.0 Å². The van der Waals surface area contributed by atoms with E-state index in [4.69, 9.17) is 9.57 Å². The molecule has 2 aromatic carbocycles. The quantitative estimate of drug-likeness (QED) is 0.152. The molecule has 3 N–H and O–H groups in total. The minimum absolute atomic E-state index is 0.0695. The highest BCUT2D eigenvalue weighted by Crippen LogP contribution is 2.33. The summed E-state index contributed by atoms with van der Waals surface area (Å²) in [6.07, 6.45) is 8.50. The minimum atomic E-state index is -0.747. The number of rotatable bonds is 14. The number of carbonyl (C=O) groups is 1. The van der Waals surface area contributed by atoms with Gasteiger partial charge in [-0.05, 0) is 101 Å². The Hall–Kier alpha value is -2.33. The molecule has 9 heteroatoms. The number of anilines is 2. The molecule has 0 bridgehead atoms. The van der Waals surface area contributed by atoms with Crippen molar-refractivity contribution in [3.63, 3.8) is 0 Å².